The van der Waals surface area contributed by atoms with Gasteiger partial charge < -0.3 is 9.73 Å². The molecule has 1 aromatic heterocycles. The van der Waals surface area contributed by atoms with E-state index in [1.807, 2.05) is 23.9 Å². The Morgan fingerprint density at radius 1 is 1.26 bits per heavy atom. The van der Waals surface area contributed by atoms with Crippen LogP contribution in [0.3, 0.4) is 0 Å². The van der Waals surface area contributed by atoms with Crippen molar-refractivity contribution in [3.63, 3.8) is 0 Å². The van der Waals surface area contributed by atoms with Crippen molar-refractivity contribution in [1.29, 1.82) is 0 Å². The maximum atomic E-state index is 5.97. The van der Waals surface area contributed by atoms with Gasteiger partial charge in [0.15, 0.2) is 0 Å². The number of rotatable bonds is 7. The van der Waals surface area contributed by atoms with Crippen LogP contribution in [0.4, 0.5) is 0 Å². The van der Waals surface area contributed by atoms with Crippen molar-refractivity contribution in [1.82, 2.24) is 5.32 Å². The number of hydrogen-bond acceptors (Lipinski definition) is 3. The zero-order valence-electron chi connectivity index (χ0n) is 12.0. The van der Waals surface area contributed by atoms with E-state index in [9.17, 15) is 0 Å². The zero-order valence-corrected chi connectivity index (χ0v) is 12.8. The molecule has 0 saturated carbocycles. The van der Waals surface area contributed by atoms with Gasteiger partial charge in [0.05, 0.1) is 6.04 Å². The van der Waals surface area contributed by atoms with Gasteiger partial charge >= 0.3 is 0 Å². The Labute approximate surface area is 119 Å². The summed E-state index contributed by atoms with van der Waals surface area (Å²) < 4.78 is 5.97. The predicted molar refractivity (Wildman–Crippen MR) is 84.8 cm³/mol. The molecule has 104 valence electrons. The number of nitrogens with one attached hydrogen (secondary N) is 1. The van der Waals surface area contributed by atoms with Crippen LogP contribution < -0.4 is 5.32 Å². The number of benzene rings is 1. The van der Waals surface area contributed by atoms with Gasteiger partial charge in [-0.25, -0.2) is 0 Å². The molecule has 0 saturated heterocycles. The first kappa shape index (κ1) is 14.5. The molecule has 2 nitrogen and oxygen atoms in total. The maximum absolute atomic E-state index is 5.97. The van der Waals surface area contributed by atoms with Crippen LogP contribution in [0, 0.1) is 0 Å². The maximum Gasteiger partial charge on any atom is 0.134 e. The zero-order chi connectivity index (χ0) is 13.7. The summed E-state index contributed by atoms with van der Waals surface area (Å²) in [6.45, 7) is 7.62. The minimum Gasteiger partial charge on any atom is -0.459 e. The highest BCUT2D eigenvalue weighted by molar-refractivity contribution is 7.99. The first-order chi connectivity index (χ1) is 9.24. The highest BCUT2D eigenvalue weighted by Gasteiger charge is 2.16. The minimum atomic E-state index is 0.302. The Morgan fingerprint density at radius 3 is 2.74 bits per heavy atom. The molecule has 0 spiro atoms. The molecule has 3 heteroatoms. The van der Waals surface area contributed by atoms with Gasteiger partial charge in [-0.15, -0.1) is 0 Å². The number of fused-ring (bicyclic) bond motifs is 1. The van der Waals surface area contributed by atoms with Crippen molar-refractivity contribution in [2.24, 2.45) is 0 Å². The molecule has 2 aromatic rings. The molecule has 2 rings (SSSR count). The highest BCUT2D eigenvalue weighted by Crippen LogP contribution is 2.27. The first-order valence-electron chi connectivity index (χ1n) is 7.08. The smallest absolute Gasteiger partial charge is 0.134 e. The Balaban J connectivity index is 2.13. The highest BCUT2D eigenvalue weighted by atomic mass is 32.2. The third-order valence-electron chi connectivity index (χ3n) is 3.36. The molecule has 1 N–H and O–H groups in total. The van der Waals surface area contributed by atoms with E-state index in [0.29, 0.717) is 11.3 Å². The van der Waals surface area contributed by atoms with Crippen molar-refractivity contribution in [3.8, 4) is 0 Å². The van der Waals surface area contributed by atoms with Gasteiger partial charge in [0.1, 0.15) is 11.3 Å². The van der Waals surface area contributed by atoms with E-state index in [1.165, 1.54) is 11.8 Å². The van der Waals surface area contributed by atoms with E-state index in [1.54, 1.807) is 0 Å². The van der Waals surface area contributed by atoms with E-state index in [2.05, 4.69) is 44.3 Å². The number of para-hydroxylation sites is 1. The minimum absolute atomic E-state index is 0.302. The van der Waals surface area contributed by atoms with Crippen LogP contribution in [-0.2, 0) is 0 Å². The number of hydrogen-bond donors (Lipinski definition) is 1. The molecular formula is C16H23NOS. The topological polar surface area (TPSA) is 25.2 Å². The first-order valence-corrected chi connectivity index (χ1v) is 8.13. The summed E-state index contributed by atoms with van der Waals surface area (Å²) >= 11 is 2.01. The standard InChI is InChI=1S/C16H23NOS/c1-4-12(3)19-11-14(17-5-2)16-10-13-8-6-7-9-15(13)18-16/h6-10,12,14,17H,4-5,11H2,1-3H3. The number of furan rings is 1. The molecule has 0 radical (unpaired) electrons. The normalized spacial score (nSPS) is 14.7. The molecule has 0 aliphatic rings. The second-order valence-electron chi connectivity index (χ2n) is 4.85. The van der Waals surface area contributed by atoms with E-state index in [4.69, 9.17) is 4.42 Å². The lowest BCUT2D eigenvalue weighted by molar-refractivity contribution is 0.463. The van der Waals surface area contributed by atoms with Crippen molar-refractivity contribution in [3.05, 3.63) is 36.1 Å². The van der Waals surface area contributed by atoms with Crippen LogP contribution in [0.5, 0.6) is 0 Å². The Morgan fingerprint density at radius 2 is 2.05 bits per heavy atom. The van der Waals surface area contributed by atoms with Crippen LogP contribution in [-0.4, -0.2) is 17.5 Å². The van der Waals surface area contributed by atoms with Gasteiger partial charge in [-0.05, 0) is 25.1 Å². The Kier molecular flexibility index (Phi) is 5.34. The van der Waals surface area contributed by atoms with E-state index >= 15 is 0 Å². The van der Waals surface area contributed by atoms with Crippen molar-refractivity contribution >= 4 is 22.7 Å². The summed E-state index contributed by atoms with van der Waals surface area (Å²) in [6, 6.07) is 10.7. The average Bonchev–Trinajstić information content (AvgIpc) is 2.86. The second kappa shape index (κ2) is 7.01. The van der Waals surface area contributed by atoms with Crippen LogP contribution in [0.15, 0.2) is 34.7 Å². The fourth-order valence-electron chi connectivity index (χ4n) is 2.04. The summed E-state index contributed by atoms with van der Waals surface area (Å²) in [7, 11) is 0. The summed E-state index contributed by atoms with van der Waals surface area (Å²) in [4.78, 5) is 0. The molecule has 2 atom stereocenters. The Bertz CT molecular complexity index is 475. The van der Waals surface area contributed by atoms with Crippen molar-refractivity contribution in [2.45, 2.75) is 38.5 Å². The Hall–Kier alpha value is -0.930. The summed E-state index contributed by atoms with van der Waals surface area (Å²) in [5, 5.41) is 5.41. The molecule has 0 bridgehead atoms. The van der Waals surface area contributed by atoms with Crippen LogP contribution in [0.25, 0.3) is 11.0 Å². The van der Waals surface area contributed by atoms with Crippen LogP contribution in [0.2, 0.25) is 0 Å². The lowest BCUT2D eigenvalue weighted by atomic mass is 10.2. The summed E-state index contributed by atoms with van der Waals surface area (Å²) in [6.07, 6.45) is 1.21. The fraction of sp³-hybridized carbons (Fsp3) is 0.500. The molecule has 0 amide bonds. The van der Waals surface area contributed by atoms with Gasteiger partial charge in [-0.2, -0.15) is 11.8 Å². The molecule has 0 aliphatic carbocycles. The molecular weight excluding hydrogens is 254 g/mol. The van der Waals surface area contributed by atoms with Gasteiger partial charge in [0.2, 0.25) is 0 Å². The second-order valence-corrected chi connectivity index (χ2v) is 6.32. The molecule has 1 heterocycles. The van der Waals surface area contributed by atoms with Gasteiger partial charge in [0.25, 0.3) is 0 Å². The van der Waals surface area contributed by atoms with Crippen molar-refractivity contribution < 1.29 is 4.42 Å². The summed E-state index contributed by atoms with van der Waals surface area (Å²) in [5.74, 6) is 2.11. The lowest BCUT2D eigenvalue weighted by Crippen LogP contribution is -2.23. The predicted octanol–water partition coefficient (Wildman–Crippen LogP) is 4.62. The van der Waals surface area contributed by atoms with E-state index in [-0.39, 0.29) is 0 Å². The number of thioether (sulfide) groups is 1. The van der Waals surface area contributed by atoms with Crippen LogP contribution in [0.1, 0.15) is 39.0 Å². The molecule has 0 aliphatic heterocycles. The monoisotopic (exact) mass is 277 g/mol. The van der Waals surface area contributed by atoms with Gasteiger partial charge in [-0.1, -0.05) is 39.0 Å². The quantitative estimate of drug-likeness (QED) is 0.799. The third kappa shape index (κ3) is 3.77. The van der Waals surface area contributed by atoms with E-state index < -0.39 is 0 Å². The SMILES string of the molecule is CCNC(CSC(C)CC)c1cc2ccccc2o1. The van der Waals surface area contributed by atoms with Crippen molar-refractivity contribution in [2.75, 3.05) is 12.3 Å². The largest absolute Gasteiger partial charge is 0.459 e. The van der Waals surface area contributed by atoms with Gasteiger partial charge in [0, 0.05) is 16.4 Å². The molecule has 0 fully saturated rings. The molecule has 1 aromatic carbocycles. The molecule has 2 unspecified atom stereocenters. The third-order valence-corrected chi connectivity index (χ3v) is 4.79. The summed E-state index contributed by atoms with van der Waals surface area (Å²) in [5.41, 5.74) is 0.981. The van der Waals surface area contributed by atoms with E-state index in [0.717, 1.165) is 23.6 Å². The fourth-order valence-corrected chi connectivity index (χ4v) is 3.08. The van der Waals surface area contributed by atoms with Gasteiger partial charge in [-0.3, -0.25) is 0 Å². The lowest BCUT2D eigenvalue weighted by Gasteiger charge is -2.17. The van der Waals surface area contributed by atoms with Crippen LogP contribution >= 0.6 is 11.8 Å². The molecule has 19 heavy (non-hydrogen) atoms. The average molecular weight is 277 g/mol.